The summed E-state index contributed by atoms with van der Waals surface area (Å²) in [6.45, 7) is 0. The van der Waals surface area contributed by atoms with Crippen LogP contribution in [0.4, 0.5) is 0 Å². The van der Waals surface area contributed by atoms with Gasteiger partial charge in [0.05, 0.1) is 0 Å². The summed E-state index contributed by atoms with van der Waals surface area (Å²) in [5.74, 6) is 0. The second kappa shape index (κ2) is 23.3. The van der Waals surface area contributed by atoms with E-state index in [9.17, 15) is 0 Å². The van der Waals surface area contributed by atoms with Crippen LogP contribution in [0.2, 0.25) is 0 Å². The lowest BCUT2D eigenvalue weighted by Gasteiger charge is -1.76. The quantitative estimate of drug-likeness (QED) is 0.323. The van der Waals surface area contributed by atoms with Crippen molar-refractivity contribution in [3.8, 4) is 0 Å². The molecule has 0 spiro atoms. The zero-order valence-electron chi connectivity index (χ0n) is 14.0. The van der Waals surface area contributed by atoms with Gasteiger partial charge in [-0.3, -0.25) is 0 Å². The molecule has 3 rings (SSSR count). The molecule has 0 aliphatic heterocycles. The lowest BCUT2D eigenvalue weighted by molar-refractivity contribution is 0.366. The van der Waals surface area contributed by atoms with Gasteiger partial charge >= 0.3 is 17.2 Å². The fraction of sp³-hybridized carbons (Fsp3) is 0. The molecule has 0 saturated heterocycles. The van der Waals surface area contributed by atoms with E-state index in [4.69, 9.17) is 29.4 Å². The van der Waals surface area contributed by atoms with Crippen molar-refractivity contribution in [2.45, 2.75) is 0 Å². The zero-order valence-corrected chi connectivity index (χ0v) is 15.8. The second-order valence-corrected chi connectivity index (χ2v) is 5.07. The molecule has 0 amide bonds. The van der Waals surface area contributed by atoms with E-state index in [0.29, 0.717) is 0 Å². The molecule has 3 aromatic carbocycles. The number of rotatable bonds is 0. The van der Waals surface area contributed by atoms with Gasteiger partial charge in [0.2, 0.25) is 0 Å². The van der Waals surface area contributed by atoms with Crippen LogP contribution in [0.25, 0.3) is 0 Å². The van der Waals surface area contributed by atoms with E-state index in [-0.39, 0.29) is 0 Å². The smallest absolute Gasteiger partial charge is 0.324 e. The summed E-state index contributed by atoms with van der Waals surface area (Å²) in [6, 6.07) is 36.0. The average molecular weight is 398 g/mol. The third-order valence-corrected chi connectivity index (χ3v) is 2.00. The minimum absolute atomic E-state index is 2.00. The Kier molecular flexibility index (Phi) is 23.7. The Hall–Kier alpha value is -1.72. The van der Waals surface area contributed by atoms with E-state index < -0.39 is 17.2 Å². The van der Waals surface area contributed by atoms with Crippen molar-refractivity contribution in [2.24, 2.45) is 0 Å². The van der Waals surface area contributed by atoms with Crippen molar-refractivity contribution in [1.29, 1.82) is 0 Å². The zero-order chi connectivity index (χ0) is 19.9. The average Bonchev–Trinajstić information content (AvgIpc) is 2.66. The van der Waals surface area contributed by atoms with Crippen molar-refractivity contribution in [3.63, 3.8) is 0 Å². The van der Waals surface area contributed by atoms with Gasteiger partial charge in [-0.15, -0.1) is 0 Å². The van der Waals surface area contributed by atoms with Crippen molar-refractivity contribution in [3.05, 3.63) is 109 Å². The van der Waals surface area contributed by atoms with Gasteiger partial charge in [-0.2, -0.15) is 0 Å². The molecule has 6 nitrogen and oxygen atoms in total. The predicted molar refractivity (Wildman–Crippen MR) is 106 cm³/mol. The van der Waals surface area contributed by atoms with Crippen LogP contribution in [0.1, 0.15) is 0 Å². The summed E-state index contributed by atoms with van der Waals surface area (Å²) in [7, 11) is -5.24. The standard InChI is InChI=1S/3C6H6.2H3O3P/c3*1-2-4-6-5-3-1;2*1-4(2)3/h3*1-6H;2*1-3H. The fourth-order valence-electron chi connectivity index (χ4n) is 1.15. The normalized spacial score (nSPS) is 8.31. The first-order chi connectivity index (χ1) is 12.5. The molecule has 0 atom stereocenters. The van der Waals surface area contributed by atoms with Gasteiger partial charge in [0.25, 0.3) is 0 Å². The SMILES string of the molecule is OP(O)O.OP(O)O.c1ccccc1.c1ccccc1.c1ccccc1. The van der Waals surface area contributed by atoms with Gasteiger partial charge in [0.15, 0.2) is 0 Å². The Morgan fingerprint density at radius 1 is 0.231 bits per heavy atom. The highest BCUT2D eigenvalue weighted by molar-refractivity contribution is 7.38. The lowest BCUT2D eigenvalue weighted by Crippen LogP contribution is -1.54. The summed E-state index contributed by atoms with van der Waals surface area (Å²) < 4.78 is 0. The van der Waals surface area contributed by atoms with E-state index in [0.717, 1.165) is 0 Å². The highest BCUT2D eigenvalue weighted by atomic mass is 31.2. The fourth-order valence-corrected chi connectivity index (χ4v) is 1.15. The van der Waals surface area contributed by atoms with Gasteiger partial charge < -0.3 is 29.4 Å². The molecule has 0 fully saturated rings. The molecule has 0 radical (unpaired) electrons. The van der Waals surface area contributed by atoms with Crippen LogP contribution in [0, 0.1) is 0 Å². The van der Waals surface area contributed by atoms with E-state index >= 15 is 0 Å². The van der Waals surface area contributed by atoms with Crippen molar-refractivity contribution < 1.29 is 29.4 Å². The molecule has 0 aliphatic rings. The number of hydrogen-bond donors (Lipinski definition) is 6. The largest absolute Gasteiger partial charge is 0.328 e. The first-order valence-electron chi connectivity index (χ1n) is 7.20. The van der Waals surface area contributed by atoms with Crippen molar-refractivity contribution in [1.82, 2.24) is 0 Å². The molecular formula is C18H24O6P2. The molecule has 142 valence electrons. The van der Waals surface area contributed by atoms with Gasteiger partial charge in [0.1, 0.15) is 0 Å². The summed E-state index contributed by atoms with van der Waals surface area (Å²) in [5.41, 5.74) is 0. The Morgan fingerprint density at radius 3 is 0.308 bits per heavy atom. The van der Waals surface area contributed by atoms with Crippen LogP contribution in [0.3, 0.4) is 0 Å². The summed E-state index contributed by atoms with van der Waals surface area (Å²) in [6.07, 6.45) is 0. The Bertz CT molecular complexity index is 390. The molecule has 6 N–H and O–H groups in total. The summed E-state index contributed by atoms with van der Waals surface area (Å²) >= 11 is 0. The predicted octanol–water partition coefficient (Wildman–Crippen LogP) is 3.44. The van der Waals surface area contributed by atoms with E-state index in [1.807, 2.05) is 109 Å². The molecular weight excluding hydrogens is 374 g/mol. The van der Waals surface area contributed by atoms with Gasteiger partial charge in [-0.1, -0.05) is 109 Å². The molecule has 0 saturated carbocycles. The Morgan fingerprint density at radius 2 is 0.269 bits per heavy atom. The number of benzene rings is 3. The first-order valence-corrected chi connectivity index (χ1v) is 9.60. The van der Waals surface area contributed by atoms with Crippen LogP contribution < -0.4 is 0 Å². The number of hydrogen-bond acceptors (Lipinski definition) is 6. The van der Waals surface area contributed by atoms with Crippen LogP contribution >= 0.6 is 17.2 Å². The van der Waals surface area contributed by atoms with E-state index in [1.54, 1.807) is 0 Å². The Labute approximate surface area is 156 Å². The van der Waals surface area contributed by atoms with Gasteiger partial charge in [-0.05, 0) is 0 Å². The molecule has 8 heteroatoms. The molecule has 0 aliphatic carbocycles. The van der Waals surface area contributed by atoms with E-state index in [2.05, 4.69) is 0 Å². The lowest BCUT2D eigenvalue weighted by atomic mass is 10.4. The molecule has 0 bridgehead atoms. The second-order valence-electron chi connectivity index (χ2n) is 4.00. The van der Waals surface area contributed by atoms with Crippen molar-refractivity contribution in [2.75, 3.05) is 0 Å². The summed E-state index contributed by atoms with van der Waals surface area (Å²) in [5, 5.41) is 0. The van der Waals surface area contributed by atoms with Crippen molar-refractivity contribution >= 4 is 17.2 Å². The third kappa shape index (κ3) is 38.1. The molecule has 0 heterocycles. The van der Waals surface area contributed by atoms with Crippen LogP contribution in [-0.4, -0.2) is 29.4 Å². The summed E-state index contributed by atoms with van der Waals surface area (Å²) in [4.78, 5) is 43.4. The minimum Gasteiger partial charge on any atom is -0.328 e. The monoisotopic (exact) mass is 398 g/mol. The third-order valence-electron chi connectivity index (χ3n) is 2.00. The maximum absolute atomic E-state index is 7.23. The highest BCUT2D eigenvalue weighted by Gasteiger charge is 1.77. The van der Waals surface area contributed by atoms with Crippen LogP contribution in [-0.2, 0) is 0 Å². The van der Waals surface area contributed by atoms with Crippen LogP contribution in [0.5, 0.6) is 0 Å². The van der Waals surface area contributed by atoms with E-state index in [1.165, 1.54) is 0 Å². The van der Waals surface area contributed by atoms with Crippen LogP contribution in [0.15, 0.2) is 109 Å². The highest BCUT2D eigenvalue weighted by Crippen LogP contribution is 2.12. The Balaban J connectivity index is 0. The molecule has 3 aromatic rings. The van der Waals surface area contributed by atoms with Gasteiger partial charge in [-0.25, -0.2) is 0 Å². The molecule has 0 unspecified atom stereocenters. The maximum atomic E-state index is 7.23. The first kappa shape index (κ1) is 26.5. The topological polar surface area (TPSA) is 121 Å². The minimum atomic E-state index is -2.62. The van der Waals surface area contributed by atoms with Gasteiger partial charge in [0, 0.05) is 0 Å². The molecule has 26 heavy (non-hydrogen) atoms. The maximum Gasteiger partial charge on any atom is 0.324 e. The molecule has 0 aromatic heterocycles.